The smallest absolute Gasteiger partial charge is 0.152 e. The van der Waals surface area contributed by atoms with Crippen LogP contribution >= 0.6 is 0 Å². The number of hydrogen-bond donors (Lipinski definition) is 0. The Kier molecular flexibility index (Phi) is 1.44. The van der Waals surface area contributed by atoms with E-state index < -0.39 is 0 Å². The highest BCUT2D eigenvalue weighted by Gasteiger charge is 1.97. The van der Waals surface area contributed by atoms with Gasteiger partial charge in [0.15, 0.2) is 5.76 Å². The molecule has 0 amide bonds. The van der Waals surface area contributed by atoms with Crippen molar-refractivity contribution in [2.24, 2.45) is 0 Å². The van der Waals surface area contributed by atoms with Crippen LogP contribution in [0.3, 0.4) is 0 Å². The Balaban J connectivity index is 2.46. The molecule has 0 saturated heterocycles. The molecule has 0 aliphatic rings. The van der Waals surface area contributed by atoms with Crippen LogP contribution in [0.25, 0.3) is 11.5 Å². The average Bonchev–Trinajstić information content (AvgIpc) is 2.58. The lowest BCUT2D eigenvalue weighted by atomic mass is 10.3. The Labute approximate surface area is 64.5 Å². The van der Waals surface area contributed by atoms with Crippen LogP contribution in [0.4, 0.5) is 0 Å². The van der Waals surface area contributed by atoms with Gasteiger partial charge in [-0.05, 0) is 18.2 Å². The zero-order chi connectivity index (χ0) is 7.52. The van der Waals surface area contributed by atoms with Gasteiger partial charge in [-0.15, -0.1) is 0 Å². The molecule has 2 rings (SSSR count). The Bertz CT molecular complexity index is 313. The third-order valence-electron chi connectivity index (χ3n) is 1.39. The first-order valence-electron chi connectivity index (χ1n) is 3.33. The van der Waals surface area contributed by atoms with Gasteiger partial charge in [0.05, 0.1) is 6.26 Å². The van der Waals surface area contributed by atoms with Crippen molar-refractivity contribution in [3.63, 3.8) is 0 Å². The van der Waals surface area contributed by atoms with Gasteiger partial charge in [-0.2, -0.15) is 0 Å². The molecule has 2 aromatic rings. The minimum atomic E-state index is 0.791. The molecule has 2 heterocycles. The summed E-state index contributed by atoms with van der Waals surface area (Å²) in [5.41, 5.74) is 0.841. The van der Waals surface area contributed by atoms with Gasteiger partial charge in [-0.25, -0.2) is 0 Å². The fourth-order valence-corrected chi connectivity index (χ4v) is 0.890. The Hall–Kier alpha value is -1.57. The molecule has 0 aliphatic carbocycles. The molecule has 2 aromatic heterocycles. The Morgan fingerprint density at radius 3 is 3.00 bits per heavy atom. The maximum Gasteiger partial charge on any atom is 0.152 e. The maximum atomic E-state index is 5.14. The predicted octanol–water partition coefficient (Wildman–Crippen LogP) is 2.14. The highest BCUT2D eigenvalue weighted by Crippen LogP contribution is 2.15. The van der Waals surface area contributed by atoms with Crippen molar-refractivity contribution in [3.8, 4) is 11.5 Å². The lowest BCUT2D eigenvalue weighted by Gasteiger charge is -1.91. The zero-order valence-corrected chi connectivity index (χ0v) is 5.82. The van der Waals surface area contributed by atoms with E-state index in [1.54, 1.807) is 12.5 Å². The SMILES string of the molecule is [c]1ccc(-c2ccco2)nc1. The van der Waals surface area contributed by atoms with Crippen LogP contribution < -0.4 is 0 Å². The van der Waals surface area contributed by atoms with Crippen molar-refractivity contribution < 1.29 is 4.42 Å². The van der Waals surface area contributed by atoms with E-state index >= 15 is 0 Å². The van der Waals surface area contributed by atoms with Crippen molar-refractivity contribution in [2.45, 2.75) is 0 Å². The van der Waals surface area contributed by atoms with Gasteiger partial charge >= 0.3 is 0 Å². The highest BCUT2D eigenvalue weighted by atomic mass is 16.3. The molecule has 11 heavy (non-hydrogen) atoms. The first-order chi connectivity index (χ1) is 5.47. The number of hydrogen-bond acceptors (Lipinski definition) is 2. The zero-order valence-electron chi connectivity index (χ0n) is 5.82. The van der Waals surface area contributed by atoms with Crippen molar-refractivity contribution in [3.05, 3.63) is 42.8 Å². The summed E-state index contributed by atoms with van der Waals surface area (Å²) in [5, 5.41) is 0. The third kappa shape index (κ3) is 1.15. The van der Waals surface area contributed by atoms with Crippen LogP contribution in [0.15, 0.2) is 41.1 Å². The molecule has 0 unspecified atom stereocenters. The van der Waals surface area contributed by atoms with Crippen LogP contribution in [0.5, 0.6) is 0 Å². The van der Waals surface area contributed by atoms with Crippen molar-refractivity contribution >= 4 is 0 Å². The van der Waals surface area contributed by atoms with E-state index in [1.165, 1.54) is 0 Å². The summed E-state index contributed by atoms with van der Waals surface area (Å²) < 4.78 is 5.14. The molecule has 2 heteroatoms. The number of nitrogens with zero attached hydrogens (tertiary/aromatic N) is 1. The molecule has 0 atom stereocenters. The number of furan rings is 1. The van der Waals surface area contributed by atoms with Gasteiger partial charge in [-0.3, -0.25) is 4.98 Å². The minimum absolute atomic E-state index is 0.791. The molecule has 53 valence electrons. The molecule has 0 N–H and O–H groups in total. The molecule has 0 spiro atoms. The van der Waals surface area contributed by atoms with Crippen molar-refractivity contribution in [1.82, 2.24) is 4.98 Å². The van der Waals surface area contributed by atoms with E-state index in [0.29, 0.717) is 0 Å². The lowest BCUT2D eigenvalue weighted by molar-refractivity contribution is 0.580. The van der Waals surface area contributed by atoms with Crippen molar-refractivity contribution in [1.29, 1.82) is 0 Å². The van der Waals surface area contributed by atoms with Gasteiger partial charge in [-0.1, -0.05) is 6.07 Å². The van der Waals surface area contributed by atoms with Gasteiger partial charge in [0.25, 0.3) is 0 Å². The summed E-state index contributed by atoms with van der Waals surface area (Å²) in [7, 11) is 0. The summed E-state index contributed by atoms with van der Waals surface area (Å²) in [6, 6.07) is 10.2. The lowest BCUT2D eigenvalue weighted by Crippen LogP contribution is -1.76. The van der Waals surface area contributed by atoms with Crippen LogP contribution in [-0.4, -0.2) is 4.98 Å². The fraction of sp³-hybridized carbons (Fsp3) is 0. The van der Waals surface area contributed by atoms with E-state index in [4.69, 9.17) is 4.42 Å². The minimum Gasteiger partial charge on any atom is -0.463 e. The molecule has 0 saturated carbocycles. The molecule has 0 bridgehead atoms. The summed E-state index contributed by atoms with van der Waals surface area (Å²) in [5.74, 6) is 0.791. The van der Waals surface area contributed by atoms with Gasteiger partial charge in [0.1, 0.15) is 5.69 Å². The normalized spacial score (nSPS) is 9.82. The molecule has 2 nitrogen and oxygen atoms in total. The highest BCUT2D eigenvalue weighted by molar-refractivity contribution is 5.50. The number of pyridine rings is 1. The van der Waals surface area contributed by atoms with E-state index in [9.17, 15) is 0 Å². The number of rotatable bonds is 1. The summed E-state index contributed by atoms with van der Waals surface area (Å²) >= 11 is 0. The molecule has 0 aliphatic heterocycles. The molecular formula is C9H6NO. The van der Waals surface area contributed by atoms with Gasteiger partial charge in [0, 0.05) is 12.3 Å². The summed E-state index contributed by atoms with van der Waals surface area (Å²) in [6.45, 7) is 0. The molecule has 0 aromatic carbocycles. The van der Waals surface area contributed by atoms with Crippen LogP contribution in [0, 0.1) is 6.07 Å². The fourth-order valence-electron chi connectivity index (χ4n) is 0.890. The van der Waals surface area contributed by atoms with Gasteiger partial charge < -0.3 is 4.42 Å². The van der Waals surface area contributed by atoms with E-state index in [1.807, 2.05) is 24.3 Å². The second-order valence-electron chi connectivity index (χ2n) is 2.12. The predicted molar refractivity (Wildman–Crippen MR) is 40.8 cm³/mol. The second-order valence-corrected chi connectivity index (χ2v) is 2.12. The Morgan fingerprint density at radius 1 is 1.36 bits per heavy atom. The summed E-state index contributed by atoms with van der Waals surface area (Å²) in [4.78, 5) is 4.07. The standard InChI is InChI=1S/C9H6NO/c1-2-6-10-8(4-1)9-5-3-7-11-9/h1,3-7H. The van der Waals surface area contributed by atoms with E-state index in [0.717, 1.165) is 11.5 Å². The topological polar surface area (TPSA) is 26.0 Å². The van der Waals surface area contributed by atoms with E-state index in [2.05, 4.69) is 11.1 Å². The van der Waals surface area contributed by atoms with Crippen LogP contribution in [0.2, 0.25) is 0 Å². The molecular weight excluding hydrogens is 138 g/mol. The van der Waals surface area contributed by atoms with Gasteiger partial charge in [0.2, 0.25) is 0 Å². The van der Waals surface area contributed by atoms with Crippen LogP contribution in [-0.2, 0) is 0 Å². The first-order valence-corrected chi connectivity index (χ1v) is 3.33. The van der Waals surface area contributed by atoms with E-state index in [-0.39, 0.29) is 0 Å². The molecule has 1 radical (unpaired) electrons. The quantitative estimate of drug-likeness (QED) is 0.612. The van der Waals surface area contributed by atoms with Crippen LogP contribution in [0.1, 0.15) is 0 Å². The average molecular weight is 144 g/mol. The second kappa shape index (κ2) is 2.58. The Morgan fingerprint density at radius 2 is 2.36 bits per heavy atom. The largest absolute Gasteiger partial charge is 0.463 e. The summed E-state index contributed by atoms with van der Waals surface area (Å²) in [6.07, 6.45) is 3.26. The van der Waals surface area contributed by atoms with Crippen molar-refractivity contribution in [2.75, 3.05) is 0 Å². The molecule has 0 fully saturated rings. The maximum absolute atomic E-state index is 5.14. The third-order valence-corrected chi connectivity index (χ3v) is 1.39. The first kappa shape index (κ1) is 6.16. The monoisotopic (exact) mass is 144 g/mol. The number of aromatic nitrogens is 1.